The number of anilines is 1. The average Bonchev–Trinajstić information content (AvgIpc) is 3.96. The predicted octanol–water partition coefficient (Wildman–Crippen LogP) is 11.5. The third-order valence-electron chi connectivity index (χ3n) is 11.9. The van der Waals surface area contributed by atoms with Crippen LogP contribution in [0.15, 0.2) is 54.9 Å². The minimum Gasteiger partial charge on any atom is -0.459 e. The molecule has 4 heterocycles. The van der Waals surface area contributed by atoms with Crippen molar-refractivity contribution in [2.24, 2.45) is 35.5 Å². The Morgan fingerprint density at radius 2 is 1.13 bits per heavy atom. The molecule has 0 aliphatic heterocycles. The summed E-state index contributed by atoms with van der Waals surface area (Å²) in [6.07, 6.45) is 6.82. The molecule has 322 valence electrons. The van der Waals surface area contributed by atoms with E-state index in [0.717, 1.165) is 31.2 Å². The molecule has 4 aromatic heterocycles. The summed E-state index contributed by atoms with van der Waals surface area (Å²) >= 11 is 12.2. The highest BCUT2D eigenvalue weighted by Gasteiger charge is 2.37. The van der Waals surface area contributed by atoms with Gasteiger partial charge < -0.3 is 14.8 Å². The Morgan fingerprint density at radius 1 is 0.694 bits per heavy atom. The molecule has 14 nitrogen and oxygen atoms in total. The molecule has 2 aliphatic rings. The average molecular weight is 879 g/mol. The number of aromatic nitrogens is 6. The molecule has 8 rings (SSSR count). The fraction of sp³-hybridized carbons (Fsp3) is 0.413. The Bertz CT molecular complexity index is 2710. The van der Waals surface area contributed by atoms with Crippen LogP contribution in [0.5, 0.6) is 0 Å². The van der Waals surface area contributed by atoms with E-state index in [1.165, 1.54) is 6.92 Å². The van der Waals surface area contributed by atoms with E-state index in [9.17, 15) is 14.4 Å². The highest BCUT2D eigenvalue weighted by molar-refractivity contribution is 6.35. The van der Waals surface area contributed by atoms with Crippen LogP contribution in [0.1, 0.15) is 94.9 Å². The van der Waals surface area contributed by atoms with Crippen LogP contribution in [0.2, 0.25) is 10.0 Å². The van der Waals surface area contributed by atoms with Gasteiger partial charge >= 0.3 is 11.9 Å². The number of aromatic amines is 2. The minimum absolute atomic E-state index is 0.165. The topological polar surface area (TPSA) is 157 Å². The van der Waals surface area contributed by atoms with Crippen LogP contribution in [-0.4, -0.2) is 59.2 Å². The second-order valence-corrected chi connectivity index (χ2v) is 18.1. The van der Waals surface area contributed by atoms with E-state index in [4.69, 9.17) is 45.8 Å². The van der Waals surface area contributed by atoms with Crippen LogP contribution in [0.4, 0.5) is 17.1 Å². The molecule has 1 amide bonds. The molecule has 0 saturated heterocycles. The molecule has 0 spiro atoms. The normalized spacial score (nSPS) is 23.5. The summed E-state index contributed by atoms with van der Waals surface area (Å²) in [5.41, 5.74) is 3.54. The zero-order valence-corrected chi connectivity index (χ0v) is 37.1. The Hall–Kier alpha value is -6.09. The van der Waals surface area contributed by atoms with Crippen LogP contribution in [0.25, 0.3) is 43.8 Å². The van der Waals surface area contributed by atoms with Gasteiger partial charge in [0.15, 0.2) is 22.9 Å². The van der Waals surface area contributed by atoms with Crippen molar-refractivity contribution in [1.82, 2.24) is 29.2 Å². The number of carbonyl (C=O) groups excluding carboxylic acids is 3. The van der Waals surface area contributed by atoms with Crippen molar-refractivity contribution in [2.45, 2.75) is 86.4 Å². The standard InChI is InChI=1S/C24H27N5O3.C22H22Cl2N4O2/c1-13-9-14(2)21(15(3)10-13)32-24(31)20-19(25-5)12-29-23(20)27-22(28-29)17-7-6-8-18(11-17)26-16(4)30;1-11-5-12(2)19(13(3)6-11)30-22(29)18-17(25-4)10-28-21(18)26-20(27-28)14-7-15(23)9-16(24)8-14/h6-8,11-15,21H,9-10H2,1-4H3,(H,26,30)(H,27,28);7-13,19H,5-6H2,1-3H3,(H,26,27). The lowest BCUT2D eigenvalue weighted by Crippen LogP contribution is -2.37. The fourth-order valence-corrected chi connectivity index (χ4v) is 10.0. The number of ether oxygens (including phenoxy) is 2. The summed E-state index contributed by atoms with van der Waals surface area (Å²) in [5, 5.41) is 9.90. The van der Waals surface area contributed by atoms with Crippen LogP contribution < -0.4 is 5.32 Å². The molecule has 0 radical (unpaired) electrons. The number of hydrogen-bond acceptors (Lipinski definition) is 7. The molecule has 6 aromatic rings. The van der Waals surface area contributed by atoms with E-state index < -0.39 is 11.9 Å². The number of benzene rings is 2. The Balaban J connectivity index is 0.000000187. The summed E-state index contributed by atoms with van der Waals surface area (Å²) in [4.78, 5) is 53.8. The van der Waals surface area contributed by atoms with Crippen LogP contribution in [0, 0.1) is 48.7 Å². The number of carbonyl (C=O) groups is 3. The molecule has 62 heavy (non-hydrogen) atoms. The number of amides is 1. The molecule has 2 saturated carbocycles. The number of nitrogens with zero attached hydrogens (tertiary/aromatic N) is 6. The van der Waals surface area contributed by atoms with E-state index >= 15 is 0 Å². The maximum absolute atomic E-state index is 13.2. The van der Waals surface area contributed by atoms with Crippen molar-refractivity contribution in [3.8, 4) is 22.8 Å². The van der Waals surface area contributed by atoms with Crippen molar-refractivity contribution < 1.29 is 23.9 Å². The first kappa shape index (κ1) is 44.0. The highest BCUT2D eigenvalue weighted by Crippen LogP contribution is 2.39. The molecular formula is C46H49Cl2N9O5. The van der Waals surface area contributed by atoms with Crippen molar-refractivity contribution in [3.63, 3.8) is 0 Å². The van der Waals surface area contributed by atoms with Crippen LogP contribution in [0.3, 0.4) is 0 Å². The molecule has 4 unspecified atom stereocenters. The molecule has 2 fully saturated rings. The summed E-state index contributed by atoms with van der Waals surface area (Å²) < 4.78 is 15.0. The SMILES string of the molecule is [C-]#[N+]c1cn2[nH]c(-c3cc(Cl)cc(Cl)c3)nc2c1C(=O)OC1C(C)CC(C)CC1C.[C-]#[N+]c1cn2[nH]c(-c3cccc(NC(C)=O)c3)nc2c1C(=O)OC1C(C)CC(C)CC1C. The summed E-state index contributed by atoms with van der Waals surface area (Å²) in [7, 11) is 0. The Morgan fingerprint density at radius 3 is 1.55 bits per heavy atom. The summed E-state index contributed by atoms with van der Waals surface area (Å²) in [5.74, 6) is 2.11. The monoisotopic (exact) mass is 877 g/mol. The minimum atomic E-state index is -0.512. The lowest BCUT2D eigenvalue weighted by molar-refractivity contribution is -0.114. The van der Waals surface area contributed by atoms with Crippen molar-refractivity contribution >= 4 is 69.4 Å². The van der Waals surface area contributed by atoms with Gasteiger partial charge in [0.2, 0.25) is 17.3 Å². The number of rotatable bonds is 7. The second kappa shape index (κ2) is 18.1. The van der Waals surface area contributed by atoms with Gasteiger partial charge in [-0.05, 0) is 91.5 Å². The quantitative estimate of drug-likeness (QED) is 0.106. The number of fused-ring (bicyclic) bond motifs is 2. The van der Waals surface area contributed by atoms with Gasteiger partial charge in [0.25, 0.3) is 0 Å². The van der Waals surface area contributed by atoms with E-state index in [0.29, 0.717) is 56.1 Å². The lowest BCUT2D eigenvalue weighted by Gasteiger charge is -2.37. The van der Waals surface area contributed by atoms with Gasteiger partial charge in [-0.25, -0.2) is 29.2 Å². The summed E-state index contributed by atoms with van der Waals surface area (Å²) in [6.45, 7) is 29.3. The first-order valence-electron chi connectivity index (χ1n) is 20.8. The third kappa shape index (κ3) is 9.22. The van der Waals surface area contributed by atoms with E-state index in [1.807, 2.05) is 12.1 Å². The lowest BCUT2D eigenvalue weighted by atomic mass is 9.75. The van der Waals surface area contributed by atoms with Gasteiger partial charge in [0.1, 0.15) is 23.3 Å². The van der Waals surface area contributed by atoms with Crippen molar-refractivity contribution in [3.05, 3.63) is 98.9 Å². The maximum atomic E-state index is 13.2. The van der Waals surface area contributed by atoms with Gasteiger partial charge in [-0.15, -0.1) is 0 Å². The molecule has 16 heteroatoms. The summed E-state index contributed by atoms with van der Waals surface area (Å²) in [6, 6.07) is 12.3. The Labute approximate surface area is 369 Å². The number of esters is 2. The van der Waals surface area contributed by atoms with Gasteiger partial charge in [0.05, 0.1) is 13.1 Å². The molecule has 2 aromatic carbocycles. The number of H-pyrrole nitrogens is 2. The Kier molecular flexibility index (Phi) is 12.8. The van der Waals surface area contributed by atoms with Crippen LogP contribution >= 0.6 is 23.2 Å². The molecular weight excluding hydrogens is 829 g/mol. The van der Waals surface area contributed by atoms with Crippen molar-refractivity contribution in [2.75, 3.05) is 5.32 Å². The molecule has 2 aliphatic carbocycles. The van der Waals surface area contributed by atoms with E-state index in [-0.39, 0.29) is 64.3 Å². The zero-order valence-electron chi connectivity index (χ0n) is 35.6. The zero-order chi connectivity index (χ0) is 44.6. The predicted molar refractivity (Wildman–Crippen MR) is 239 cm³/mol. The molecule has 0 bridgehead atoms. The number of halogens is 2. The fourth-order valence-electron chi connectivity index (χ4n) is 9.52. The first-order valence-corrected chi connectivity index (χ1v) is 21.5. The van der Waals surface area contributed by atoms with Gasteiger partial charge in [-0.2, -0.15) is 0 Å². The first-order chi connectivity index (χ1) is 29.5. The van der Waals surface area contributed by atoms with Gasteiger partial charge in [0, 0.05) is 46.2 Å². The van der Waals surface area contributed by atoms with Gasteiger partial charge in [-0.1, -0.05) is 76.9 Å². The van der Waals surface area contributed by atoms with Crippen molar-refractivity contribution in [1.29, 1.82) is 0 Å². The smallest absolute Gasteiger partial charge is 0.331 e. The number of hydrogen-bond donors (Lipinski definition) is 3. The van der Waals surface area contributed by atoms with Crippen LogP contribution in [-0.2, 0) is 14.3 Å². The van der Waals surface area contributed by atoms with Gasteiger partial charge in [-0.3, -0.25) is 24.0 Å². The third-order valence-corrected chi connectivity index (χ3v) is 12.3. The maximum Gasteiger partial charge on any atom is 0.331 e. The molecule has 4 atom stereocenters. The number of nitrogens with one attached hydrogen (secondary N) is 3. The second-order valence-electron chi connectivity index (χ2n) is 17.3. The molecule has 3 N–H and O–H groups in total. The highest BCUT2D eigenvalue weighted by atomic mass is 35.5. The largest absolute Gasteiger partial charge is 0.459 e. The van der Waals surface area contributed by atoms with E-state index in [1.54, 1.807) is 51.8 Å². The van der Waals surface area contributed by atoms with E-state index in [2.05, 4.69) is 76.7 Å².